The van der Waals surface area contributed by atoms with E-state index in [1.54, 1.807) is 0 Å². The van der Waals surface area contributed by atoms with Gasteiger partial charge in [-0.05, 0) is 50.7 Å². The third-order valence-electron chi connectivity index (χ3n) is 3.96. The Balaban J connectivity index is 4.82. The topological polar surface area (TPSA) is 139 Å². The van der Waals surface area contributed by atoms with Crippen molar-refractivity contribution in [2.45, 2.75) is 58.5 Å². The summed E-state index contributed by atoms with van der Waals surface area (Å²) in [6.07, 6.45) is 1.35. The van der Waals surface area contributed by atoms with Gasteiger partial charge < -0.3 is 29.6 Å². The lowest BCUT2D eigenvalue weighted by Crippen LogP contribution is -2.33. The summed E-state index contributed by atoms with van der Waals surface area (Å²) in [5, 5.41) is 6.58. The summed E-state index contributed by atoms with van der Waals surface area (Å²) in [5.41, 5.74) is 0. The van der Waals surface area contributed by atoms with Gasteiger partial charge in [0.15, 0.2) is 0 Å². The van der Waals surface area contributed by atoms with Crippen molar-refractivity contribution in [2.75, 3.05) is 19.6 Å². The Labute approximate surface area is 144 Å². The SMILES string of the molecule is CC(C)CCN(CCCC(O)(P(=O)(O)O)P(=O)(O)O)CCC(C)C. The molecule has 0 spiro atoms. The van der Waals surface area contributed by atoms with Crippen molar-refractivity contribution in [2.24, 2.45) is 11.8 Å². The number of nitrogens with zero attached hydrogens (tertiary/aromatic N) is 1. The van der Waals surface area contributed by atoms with Crippen LogP contribution in [0.15, 0.2) is 0 Å². The van der Waals surface area contributed by atoms with Crippen LogP contribution in [0.3, 0.4) is 0 Å². The van der Waals surface area contributed by atoms with Gasteiger partial charge >= 0.3 is 15.2 Å². The third-order valence-corrected chi connectivity index (χ3v) is 7.84. The highest BCUT2D eigenvalue weighted by molar-refractivity contribution is 7.72. The zero-order valence-corrected chi connectivity index (χ0v) is 16.8. The summed E-state index contributed by atoms with van der Waals surface area (Å²) in [5.74, 6) is 1.02. The fraction of sp³-hybridized carbons (Fsp3) is 1.00. The maximum atomic E-state index is 11.3. The second-order valence-corrected chi connectivity index (χ2v) is 11.2. The van der Waals surface area contributed by atoms with E-state index in [9.17, 15) is 14.2 Å². The van der Waals surface area contributed by atoms with Crippen molar-refractivity contribution in [3.05, 3.63) is 0 Å². The third kappa shape index (κ3) is 8.07. The first-order valence-electron chi connectivity index (χ1n) is 8.26. The average Bonchev–Trinajstić information content (AvgIpc) is 2.37. The maximum Gasteiger partial charge on any atom is 0.369 e. The van der Waals surface area contributed by atoms with Gasteiger partial charge in [0.2, 0.25) is 0 Å². The molecule has 0 amide bonds. The van der Waals surface area contributed by atoms with Gasteiger partial charge in [-0.1, -0.05) is 27.7 Å². The van der Waals surface area contributed by atoms with E-state index in [0.29, 0.717) is 18.4 Å². The van der Waals surface area contributed by atoms with E-state index in [-0.39, 0.29) is 6.42 Å². The van der Waals surface area contributed by atoms with E-state index in [1.807, 2.05) is 0 Å². The summed E-state index contributed by atoms with van der Waals surface area (Å²) in [6.45, 7) is 10.4. The molecule has 24 heavy (non-hydrogen) atoms. The van der Waals surface area contributed by atoms with Crippen LogP contribution in [0.2, 0.25) is 0 Å². The van der Waals surface area contributed by atoms with Gasteiger partial charge in [-0.3, -0.25) is 9.13 Å². The van der Waals surface area contributed by atoms with E-state index in [4.69, 9.17) is 19.6 Å². The minimum Gasteiger partial charge on any atom is -0.368 e. The molecule has 0 bridgehead atoms. The molecular weight excluding hydrogens is 356 g/mol. The smallest absolute Gasteiger partial charge is 0.368 e. The molecule has 0 radical (unpaired) electrons. The first kappa shape index (κ1) is 24.2. The second-order valence-electron chi connectivity index (χ2n) is 7.17. The fourth-order valence-corrected chi connectivity index (χ4v) is 4.47. The van der Waals surface area contributed by atoms with Crippen molar-refractivity contribution in [1.29, 1.82) is 0 Å². The van der Waals surface area contributed by atoms with Gasteiger partial charge in [0.1, 0.15) is 0 Å². The molecule has 0 saturated heterocycles. The molecule has 0 heterocycles. The largest absolute Gasteiger partial charge is 0.369 e. The van der Waals surface area contributed by atoms with E-state index >= 15 is 0 Å². The average molecular weight is 389 g/mol. The Morgan fingerprint density at radius 3 is 1.50 bits per heavy atom. The first-order valence-corrected chi connectivity index (χ1v) is 11.5. The van der Waals surface area contributed by atoms with Crippen LogP contribution in [-0.4, -0.2) is 54.3 Å². The van der Waals surface area contributed by atoms with Crippen LogP contribution < -0.4 is 0 Å². The lowest BCUT2D eigenvalue weighted by Gasteiger charge is -2.30. The molecule has 0 saturated carbocycles. The summed E-state index contributed by atoms with van der Waals surface area (Å²) in [4.78, 5) is 38.7. The molecule has 0 atom stereocenters. The predicted molar refractivity (Wildman–Crippen MR) is 93.6 cm³/mol. The van der Waals surface area contributed by atoms with Crippen LogP contribution in [0.25, 0.3) is 0 Å². The second kappa shape index (κ2) is 9.79. The van der Waals surface area contributed by atoms with Crippen molar-refractivity contribution >= 4 is 15.2 Å². The standard InChI is InChI=1S/C14H33NO7P2/c1-12(2)6-10-15(11-7-13(3)4)9-5-8-14(16,23(17,18)19)24(20,21)22/h12-13,16H,5-11H2,1-4H3,(H2,17,18,19)(H2,20,21,22). The monoisotopic (exact) mass is 389 g/mol. The van der Waals surface area contributed by atoms with Crippen molar-refractivity contribution in [1.82, 2.24) is 4.90 Å². The van der Waals surface area contributed by atoms with E-state index in [1.165, 1.54) is 0 Å². The molecule has 0 aliphatic heterocycles. The summed E-state index contributed by atoms with van der Waals surface area (Å²) < 4.78 is 22.7. The molecular formula is C14H33NO7P2. The van der Waals surface area contributed by atoms with Gasteiger partial charge in [-0.2, -0.15) is 0 Å². The Kier molecular flexibility index (Phi) is 9.88. The summed E-state index contributed by atoms with van der Waals surface area (Å²) in [7, 11) is -10.7. The van der Waals surface area contributed by atoms with E-state index in [2.05, 4.69) is 32.6 Å². The lowest BCUT2D eigenvalue weighted by atomic mass is 10.1. The number of hydrogen-bond acceptors (Lipinski definition) is 4. The van der Waals surface area contributed by atoms with Crippen LogP contribution in [-0.2, 0) is 9.13 Å². The minimum absolute atomic E-state index is 0.0862. The Bertz CT molecular complexity index is 424. The molecule has 0 fully saturated rings. The van der Waals surface area contributed by atoms with Gasteiger partial charge in [-0.15, -0.1) is 0 Å². The Morgan fingerprint density at radius 2 is 1.21 bits per heavy atom. The first-order chi connectivity index (χ1) is 10.7. The summed E-state index contributed by atoms with van der Waals surface area (Å²) >= 11 is 0. The summed E-state index contributed by atoms with van der Waals surface area (Å²) in [6, 6.07) is 0. The molecule has 10 heteroatoms. The normalized spacial score (nSPS) is 14.2. The van der Waals surface area contributed by atoms with Crippen LogP contribution in [0.4, 0.5) is 0 Å². The van der Waals surface area contributed by atoms with Crippen molar-refractivity contribution in [3.63, 3.8) is 0 Å². The number of hydrogen-bond donors (Lipinski definition) is 5. The van der Waals surface area contributed by atoms with Crippen molar-refractivity contribution in [3.8, 4) is 0 Å². The van der Waals surface area contributed by atoms with Crippen LogP contribution in [0.1, 0.15) is 53.4 Å². The number of rotatable bonds is 12. The van der Waals surface area contributed by atoms with Crippen molar-refractivity contribution < 1.29 is 33.8 Å². The highest BCUT2D eigenvalue weighted by Crippen LogP contribution is 2.69. The molecule has 0 aromatic carbocycles. The zero-order valence-electron chi connectivity index (χ0n) is 15.0. The van der Waals surface area contributed by atoms with Gasteiger partial charge in [0, 0.05) is 6.42 Å². The van der Waals surface area contributed by atoms with Gasteiger partial charge in [0.25, 0.3) is 5.08 Å². The molecule has 146 valence electrons. The van der Waals surface area contributed by atoms with E-state index < -0.39 is 26.7 Å². The van der Waals surface area contributed by atoms with Crippen LogP contribution in [0, 0.1) is 11.8 Å². The Morgan fingerprint density at radius 1 is 0.833 bits per heavy atom. The molecule has 8 nitrogen and oxygen atoms in total. The van der Waals surface area contributed by atoms with Crippen LogP contribution in [0.5, 0.6) is 0 Å². The molecule has 0 unspecified atom stereocenters. The molecule has 0 aliphatic carbocycles. The lowest BCUT2D eigenvalue weighted by molar-refractivity contribution is 0.115. The predicted octanol–water partition coefficient (Wildman–Crippen LogP) is 2.16. The van der Waals surface area contributed by atoms with E-state index in [0.717, 1.165) is 25.9 Å². The Hall–Kier alpha value is 0.220. The van der Waals surface area contributed by atoms with Crippen LogP contribution >= 0.6 is 15.2 Å². The molecule has 5 N–H and O–H groups in total. The highest BCUT2D eigenvalue weighted by atomic mass is 31.2. The quantitative estimate of drug-likeness (QED) is 0.320. The fourth-order valence-electron chi connectivity index (χ4n) is 2.22. The number of aliphatic hydroxyl groups is 1. The molecule has 0 aromatic heterocycles. The van der Waals surface area contributed by atoms with Gasteiger partial charge in [0.05, 0.1) is 0 Å². The molecule has 0 aromatic rings. The highest BCUT2D eigenvalue weighted by Gasteiger charge is 2.58. The zero-order chi connectivity index (χ0) is 19.2. The van der Waals surface area contributed by atoms with Gasteiger partial charge in [-0.25, -0.2) is 0 Å². The minimum atomic E-state index is -5.36. The molecule has 0 rings (SSSR count). The molecule has 0 aliphatic rings. The maximum absolute atomic E-state index is 11.3.